The first-order valence-electron chi connectivity index (χ1n) is 6.47. The third-order valence-electron chi connectivity index (χ3n) is 2.69. The second kappa shape index (κ2) is 6.85. The van der Waals surface area contributed by atoms with E-state index in [9.17, 15) is 4.79 Å². The number of aromatic nitrogens is 4. The van der Waals surface area contributed by atoms with E-state index in [0.29, 0.717) is 24.2 Å². The van der Waals surface area contributed by atoms with Crippen molar-refractivity contribution in [2.45, 2.75) is 37.2 Å². The smallest absolute Gasteiger partial charge is 0.319 e. The summed E-state index contributed by atoms with van der Waals surface area (Å²) in [6.45, 7) is 7.30. The maximum Gasteiger partial charge on any atom is 0.319 e. The first kappa shape index (κ1) is 14.3. The van der Waals surface area contributed by atoms with Crippen LogP contribution in [0.25, 0.3) is 0 Å². The van der Waals surface area contributed by atoms with Crippen LogP contribution in [0.2, 0.25) is 0 Å². The summed E-state index contributed by atoms with van der Waals surface area (Å²) < 4.78 is 6.65. The average Bonchev–Trinajstić information content (AvgIpc) is 2.96. The van der Waals surface area contributed by atoms with Crippen LogP contribution in [0.1, 0.15) is 20.3 Å². The molecule has 106 valence electrons. The second-order valence-electron chi connectivity index (χ2n) is 4.85. The molecule has 0 aliphatic carbocycles. The molecule has 0 amide bonds. The maximum atomic E-state index is 11.4. The van der Waals surface area contributed by atoms with Crippen molar-refractivity contribution >= 4 is 17.7 Å². The zero-order valence-corrected chi connectivity index (χ0v) is 12.0. The van der Waals surface area contributed by atoms with E-state index in [1.807, 2.05) is 0 Å². The third kappa shape index (κ3) is 4.17. The van der Waals surface area contributed by atoms with E-state index in [4.69, 9.17) is 4.74 Å². The van der Waals surface area contributed by atoms with E-state index in [1.165, 1.54) is 11.8 Å². The molecule has 1 saturated heterocycles. The highest BCUT2D eigenvalue weighted by atomic mass is 32.2. The number of carbonyl (C=O) groups is 1. The number of thioether (sulfide) groups is 1. The lowest BCUT2D eigenvalue weighted by atomic mass is 10.2. The number of esters is 1. The zero-order chi connectivity index (χ0) is 13.7. The summed E-state index contributed by atoms with van der Waals surface area (Å²) >= 11 is 1.38. The molecule has 1 aliphatic heterocycles. The Labute approximate surface area is 116 Å². The van der Waals surface area contributed by atoms with Gasteiger partial charge >= 0.3 is 5.97 Å². The summed E-state index contributed by atoms with van der Waals surface area (Å²) in [6, 6.07) is 0. The molecule has 1 atom stereocenters. The van der Waals surface area contributed by atoms with Crippen molar-refractivity contribution in [1.82, 2.24) is 25.5 Å². The van der Waals surface area contributed by atoms with Crippen molar-refractivity contribution in [3.8, 4) is 0 Å². The molecular formula is C11H19N5O2S. The van der Waals surface area contributed by atoms with Crippen LogP contribution in [0, 0.1) is 5.92 Å². The van der Waals surface area contributed by atoms with Gasteiger partial charge in [0.25, 0.3) is 0 Å². The van der Waals surface area contributed by atoms with Crippen LogP contribution in [0.4, 0.5) is 0 Å². The first-order valence-corrected chi connectivity index (χ1v) is 7.35. The summed E-state index contributed by atoms with van der Waals surface area (Å²) in [5, 5.41) is 15.4. The van der Waals surface area contributed by atoms with Crippen LogP contribution in [0.15, 0.2) is 5.16 Å². The lowest BCUT2D eigenvalue weighted by molar-refractivity contribution is -0.137. The molecule has 8 heteroatoms. The number of carbonyl (C=O) groups excluding carboxylic acids is 1. The number of nitrogens with one attached hydrogen (secondary N) is 1. The Hall–Kier alpha value is -1.15. The molecule has 19 heavy (non-hydrogen) atoms. The third-order valence-corrected chi connectivity index (χ3v) is 3.90. The number of nitrogens with zero attached hydrogens (tertiary/aromatic N) is 4. The van der Waals surface area contributed by atoms with Gasteiger partial charge in [-0.15, -0.1) is 5.10 Å². The number of hydrogen-bond acceptors (Lipinski definition) is 7. The minimum atomic E-state index is -0.173. The molecule has 0 spiro atoms. The van der Waals surface area contributed by atoms with Gasteiger partial charge in [-0.2, -0.15) is 0 Å². The minimum Gasteiger partial charge on any atom is -0.465 e. The maximum absolute atomic E-state index is 11.4. The fraction of sp³-hybridized carbons (Fsp3) is 0.818. The van der Waals surface area contributed by atoms with Crippen LogP contribution in [0.3, 0.4) is 0 Å². The van der Waals surface area contributed by atoms with Crippen LogP contribution < -0.4 is 5.32 Å². The van der Waals surface area contributed by atoms with Gasteiger partial charge in [0.2, 0.25) is 5.16 Å². The Morgan fingerprint density at radius 3 is 3.11 bits per heavy atom. The van der Waals surface area contributed by atoms with Gasteiger partial charge in [-0.3, -0.25) is 4.79 Å². The van der Waals surface area contributed by atoms with Gasteiger partial charge in [-0.05, 0) is 22.9 Å². The molecule has 0 bridgehead atoms. The predicted molar refractivity (Wildman–Crippen MR) is 70.7 cm³/mol. The average molecular weight is 285 g/mol. The van der Waals surface area contributed by atoms with E-state index < -0.39 is 0 Å². The largest absolute Gasteiger partial charge is 0.465 e. The van der Waals surface area contributed by atoms with Gasteiger partial charge in [0.1, 0.15) is 5.25 Å². The van der Waals surface area contributed by atoms with Crippen LogP contribution in [-0.4, -0.2) is 51.1 Å². The molecule has 1 fully saturated rings. The summed E-state index contributed by atoms with van der Waals surface area (Å²) in [5.41, 5.74) is 0. The molecule has 7 nitrogen and oxygen atoms in total. The molecular weight excluding hydrogens is 266 g/mol. The van der Waals surface area contributed by atoms with Crippen molar-refractivity contribution < 1.29 is 9.53 Å². The molecule has 1 aliphatic rings. The Morgan fingerprint density at radius 1 is 1.58 bits per heavy atom. The molecule has 1 aromatic heterocycles. The number of tetrazole rings is 1. The molecule has 2 heterocycles. The monoisotopic (exact) mass is 285 g/mol. The summed E-state index contributed by atoms with van der Waals surface area (Å²) in [4.78, 5) is 11.4. The highest BCUT2D eigenvalue weighted by Crippen LogP contribution is 2.27. The topological polar surface area (TPSA) is 81.9 Å². The quantitative estimate of drug-likeness (QED) is 0.571. The molecule has 1 unspecified atom stereocenters. The summed E-state index contributed by atoms with van der Waals surface area (Å²) in [7, 11) is 0. The van der Waals surface area contributed by atoms with Crippen molar-refractivity contribution in [2.75, 3.05) is 19.7 Å². The Kier molecular flexibility index (Phi) is 5.15. The van der Waals surface area contributed by atoms with Gasteiger partial charge < -0.3 is 10.1 Å². The predicted octanol–water partition coefficient (Wildman–Crippen LogP) is 0.326. The van der Waals surface area contributed by atoms with Gasteiger partial charge in [-0.1, -0.05) is 25.6 Å². The van der Waals surface area contributed by atoms with E-state index >= 15 is 0 Å². The Bertz CT molecular complexity index is 423. The fourth-order valence-corrected chi connectivity index (χ4v) is 2.67. The van der Waals surface area contributed by atoms with Gasteiger partial charge in [0.05, 0.1) is 13.2 Å². The normalized spacial score (nSPS) is 19.1. The second-order valence-corrected chi connectivity index (χ2v) is 6.02. The number of cyclic esters (lactones) is 1. The van der Waals surface area contributed by atoms with E-state index in [0.717, 1.165) is 19.5 Å². The lowest BCUT2D eigenvalue weighted by Gasteiger charge is -2.08. The molecule has 0 saturated carbocycles. The van der Waals surface area contributed by atoms with E-state index in [1.54, 1.807) is 4.68 Å². The number of ether oxygens (including phenoxy) is 1. The van der Waals surface area contributed by atoms with E-state index in [2.05, 4.69) is 34.7 Å². The molecule has 0 radical (unpaired) electrons. The van der Waals surface area contributed by atoms with Crippen LogP contribution in [-0.2, 0) is 16.1 Å². The van der Waals surface area contributed by atoms with Crippen molar-refractivity contribution in [3.63, 3.8) is 0 Å². The van der Waals surface area contributed by atoms with Crippen molar-refractivity contribution in [2.24, 2.45) is 5.92 Å². The fourth-order valence-electron chi connectivity index (χ4n) is 1.71. The molecule has 0 aromatic carbocycles. The minimum absolute atomic E-state index is 0.169. The van der Waals surface area contributed by atoms with E-state index in [-0.39, 0.29) is 11.2 Å². The summed E-state index contributed by atoms with van der Waals surface area (Å²) in [6.07, 6.45) is 0.724. The van der Waals surface area contributed by atoms with Crippen LogP contribution >= 0.6 is 11.8 Å². The van der Waals surface area contributed by atoms with Crippen molar-refractivity contribution in [1.29, 1.82) is 0 Å². The SMILES string of the molecule is CC(C)CNCCn1nnnc1SC1CCOC1=O. The molecule has 1 aromatic rings. The number of rotatable bonds is 7. The van der Waals surface area contributed by atoms with Gasteiger partial charge in [0, 0.05) is 13.0 Å². The first-order chi connectivity index (χ1) is 9.16. The number of hydrogen-bond donors (Lipinski definition) is 1. The molecule has 1 N–H and O–H groups in total. The van der Waals surface area contributed by atoms with Crippen LogP contribution in [0.5, 0.6) is 0 Å². The molecule has 2 rings (SSSR count). The van der Waals surface area contributed by atoms with Gasteiger partial charge in [0.15, 0.2) is 0 Å². The summed E-state index contributed by atoms with van der Waals surface area (Å²) in [5.74, 6) is 0.452. The lowest BCUT2D eigenvalue weighted by Crippen LogP contribution is -2.25. The van der Waals surface area contributed by atoms with Crippen molar-refractivity contribution in [3.05, 3.63) is 0 Å². The van der Waals surface area contributed by atoms with Gasteiger partial charge in [-0.25, -0.2) is 4.68 Å². The standard InChI is InChI=1S/C11H19N5O2S/c1-8(2)7-12-4-5-16-11(13-14-15-16)19-9-3-6-18-10(9)17/h8-9,12H,3-7H2,1-2H3. The highest BCUT2D eigenvalue weighted by molar-refractivity contribution is 8.00. The Balaban J connectivity index is 1.82. The Morgan fingerprint density at radius 2 is 2.42 bits per heavy atom. The highest BCUT2D eigenvalue weighted by Gasteiger charge is 2.29. The zero-order valence-electron chi connectivity index (χ0n) is 11.2.